The molecule has 4 heteroatoms. The van der Waals surface area contributed by atoms with Gasteiger partial charge in [-0.05, 0) is 24.1 Å². The molecule has 0 saturated heterocycles. The summed E-state index contributed by atoms with van der Waals surface area (Å²) in [5.41, 5.74) is 2.00. The summed E-state index contributed by atoms with van der Waals surface area (Å²) < 4.78 is 29.7. The molecule has 2 rings (SSSR count). The first-order valence-corrected chi connectivity index (χ1v) is 6.17. The lowest BCUT2D eigenvalue weighted by Crippen LogP contribution is -1.96. The molecule has 20 heavy (non-hydrogen) atoms. The first-order chi connectivity index (χ1) is 9.60. The summed E-state index contributed by atoms with van der Waals surface area (Å²) in [6.07, 6.45) is 0. The fourth-order valence-electron chi connectivity index (χ4n) is 2.04. The number of rotatable bonds is 4. The Kier molecular flexibility index (Phi) is 4.13. The van der Waals surface area contributed by atoms with Gasteiger partial charge in [0.25, 0.3) is 0 Å². The summed E-state index contributed by atoms with van der Waals surface area (Å²) in [5, 5.41) is 0. The average molecular weight is 276 g/mol. The van der Waals surface area contributed by atoms with Gasteiger partial charge in [0.1, 0.15) is 23.1 Å². The van der Waals surface area contributed by atoms with Crippen LogP contribution in [0.4, 0.5) is 4.39 Å². The van der Waals surface area contributed by atoms with Crippen molar-refractivity contribution in [3.05, 3.63) is 41.7 Å². The summed E-state index contributed by atoms with van der Waals surface area (Å²) in [6, 6.07) is 8.53. The van der Waals surface area contributed by atoms with E-state index in [0.29, 0.717) is 33.9 Å². The van der Waals surface area contributed by atoms with E-state index in [9.17, 15) is 4.39 Å². The van der Waals surface area contributed by atoms with Crippen LogP contribution in [-0.2, 0) is 0 Å². The molecule has 2 aromatic carbocycles. The van der Waals surface area contributed by atoms with Gasteiger partial charge in [0, 0.05) is 12.1 Å². The smallest absolute Gasteiger partial charge is 0.134 e. The molecule has 0 aliphatic rings. The number of hydrogen-bond acceptors (Lipinski definition) is 3. The third kappa shape index (κ3) is 2.54. The van der Waals surface area contributed by atoms with E-state index in [4.69, 9.17) is 14.2 Å². The van der Waals surface area contributed by atoms with Crippen molar-refractivity contribution in [1.82, 2.24) is 0 Å². The van der Waals surface area contributed by atoms with Gasteiger partial charge in [0.2, 0.25) is 0 Å². The third-order valence-electron chi connectivity index (χ3n) is 3.18. The molecule has 3 nitrogen and oxygen atoms in total. The van der Waals surface area contributed by atoms with Gasteiger partial charge in [-0.1, -0.05) is 12.1 Å². The summed E-state index contributed by atoms with van der Waals surface area (Å²) in [6.45, 7) is 1.72. The van der Waals surface area contributed by atoms with Crippen LogP contribution in [0, 0.1) is 12.7 Å². The van der Waals surface area contributed by atoms with Gasteiger partial charge in [0.05, 0.1) is 26.9 Å². The van der Waals surface area contributed by atoms with E-state index in [-0.39, 0.29) is 5.82 Å². The lowest BCUT2D eigenvalue weighted by molar-refractivity contribution is 0.377. The molecule has 0 radical (unpaired) electrons. The number of methoxy groups -OCH3 is 3. The Labute approximate surface area is 117 Å². The summed E-state index contributed by atoms with van der Waals surface area (Å²) in [5.74, 6) is 1.51. The molecule has 0 saturated carbocycles. The van der Waals surface area contributed by atoms with Crippen LogP contribution in [0.2, 0.25) is 0 Å². The molecule has 0 fully saturated rings. The van der Waals surface area contributed by atoms with E-state index in [2.05, 4.69) is 0 Å². The lowest BCUT2D eigenvalue weighted by atomic mass is 10.0. The molecule has 0 aliphatic carbocycles. The van der Waals surface area contributed by atoms with Gasteiger partial charge in [-0.25, -0.2) is 4.39 Å². The van der Waals surface area contributed by atoms with Crippen LogP contribution >= 0.6 is 0 Å². The maximum absolute atomic E-state index is 13.8. The van der Waals surface area contributed by atoms with Crippen LogP contribution in [-0.4, -0.2) is 21.3 Å². The minimum Gasteiger partial charge on any atom is -0.496 e. The zero-order valence-electron chi connectivity index (χ0n) is 12.0. The first-order valence-electron chi connectivity index (χ1n) is 6.17. The Morgan fingerprint density at radius 3 is 1.90 bits per heavy atom. The standard InChI is InChI=1S/C16H17FO3/c1-10-5-6-11(7-13(10)17)16-14(19-3)8-12(18-2)9-15(16)20-4/h5-9H,1-4H3. The van der Waals surface area contributed by atoms with E-state index in [0.717, 1.165) is 0 Å². The van der Waals surface area contributed by atoms with E-state index < -0.39 is 0 Å². The van der Waals surface area contributed by atoms with Gasteiger partial charge in [-0.2, -0.15) is 0 Å². The molecule has 0 N–H and O–H groups in total. The van der Waals surface area contributed by atoms with Crippen LogP contribution in [0.1, 0.15) is 5.56 Å². The number of benzene rings is 2. The van der Waals surface area contributed by atoms with Crippen LogP contribution in [0.25, 0.3) is 11.1 Å². The van der Waals surface area contributed by atoms with Crippen molar-refractivity contribution in [1.29, 1.82) is 0 Å². The second-order valence-corrected chi connectivity index (χ2v) is 4.37. The molecular weight excluding hydrogens is 259 g/mol. The Hall–Kier alpha value is -2.23. The van der Waals surface area contributed by atoms with Crippen LogP contribution in [0.15, 0.2) is 30.3 Å². The van der Waals surface area contributed by atoms with Crippen molar-refractivity contribution in [3.8, 4) is 28.4 Å². The lowest BCUT2D eigenvalue weighted by Gasteiger charge is -2.15. The Morgan fingerprint density at radius 1 is 0.850 bits per heavy atom. The van der Waals surface area contributed by atoms with E-state index in [1.807, 2.05) is 6.07 Å². The van der Waals surface area contributed by atoms with Crippen molar-refractivity contribution in [3.63, 3.8) is 0 Å². The monoisotopic (exact) mass is 276 g/mol. The predicted molar refractivity (Wildman–Crippen MR) is 76.2 cm³/mol. The normalized spacial score (nSPS) is 10.2. The van der Waals surface area contributed by atoms with Crippen molar-refractivity contribution in [2.45, 2.75) is 6.92 Å². The van der Waals surface area contributed by atoms with Crippen LogP contribution in [0.3, 0.4) is 0 Å². The summed E-state index contributed by atoms with van der Waals surface area (Å²) in [7, 11) is 4.68. The molecule has 0 aromatic heterocycles. The van der Waals surface area contributed by atoms with Gasteiger partial charge < -0.3 is 14.2 Å². The summed E-state index contributed by atoms with van der Waals surface area (Å²) in [4.78, 5) is 0. The molecule has 0 spiro atoms. The zero-order valence-corrected chi connectivity index (χ0v) is 12.0. The second kappa shape index (κ2) is 5.82. The Morgan fingerprint density at radius 2 is 1.45 bits per heavy atom. The number of hydrogen-bond donors (Lipinski definition) is 0. The topological polar surface area (TPSA) is 27.7 Å². The number of ether oxygens (including phenoxy) is 3. The van der Waals surface area contributed by atoms with Crippen molar-refractivity contribution in [2.75, 3.05) is 21.3 Å². The summed E-state index contributed by atoms with van der Waals surface area (Å²) >= 11 is 0. The molecule has 0 unspecified atom stereocenters. The van der Waals surface area contributed by atoms with Crippen molar-refractivity contribution >= 4 is 0 Å². The maximum atomic E-state index is 13.8. The zero-order chi connectivity index (χ0) is 14.7. The molecule has 0 bridgehead atoms. The van der Waals surface area contributed by atoms with Crippen molar-refractivity contribution in [2.24, 2.45) is 0 Å². The Bertz CT molecular complexity index is 598. The van der Waals surface area contributed by atoms with Crippen LogP contribution in [0.5, 0.6) is 17.2 Å². The highest BCUT2D eigenvalue weighted by atomic mass is 19.1. The molecule has 0 heterocycles. The van der Waals surface area contributed by atoms with Gasteiger partial charge in [-0.15, -0.1) is 0 Å². The molecule has 0 atom stereocenters. The minimum atomic E-state index is -0.262. The van der Waals surface area contributed by atoms with Gasteiger partial charge >= 0.3 is 0 Å². The Balaban J connectivity index is 2.67. The van der Waals surface area contributed by atoms with Crippen molar-refractivity contribution < 1.29 is 18.6 Å². The number of aryl methyl sites for hydroxylation is 1. The largest absolute Gasteiger partial charge is 0.496 e. The molecule has 106 valence electrons. The quantitative estimate of drug-likeness (QED) is 0.849. The number of halogens is 1. The highest BCUT2D eigenvalue weighted by Crippen LogP contribution is 2.42. The van der Waals surface area contributed by atoms with E-state index in [1.54, 1.807) is 46.5 Å². The minimum absolute atomic E-state index is 0.262. The van der Waals surface area contributed by atoms with Gasteiger partial charge in [-0.3, -0.25) is 0 Å². The van der Waals surface area contributed by atoms with Crippen LogP contribution < -0.4 is 14.2 Å². The molecular formula is C16H17FO3. The molecule has 0 aliphatic heterocycles. The maximum Gasteiger partial charge on any atom is 0.134 e. The highest BCUT2D eigenvalue weighted by molar-refractivity contribution is 5.78. The molecule has 0 amide bonds. The van der Waals surface area contributed by atoms with E-state index in [1.165, 1.54) is 6.07 Å². The average Bonchev–Trinajstić information content (AvgIpc) is 2.48. The SMILES string of the molecule is COc1cc(OC)c(-c2ccc(C)c(F)c2)c(OC)c1. The second-order valence-electron chi connectivity index (χ2n) is 4.37. The fraction of sp³-hybridized carbons (Fsp3) is 0.250. The highest BCUT2D eigenvalue weighted by Gasteiger charge is 2.16. The molecule has 2 aromatic rings. The first kappa shape index (κ1) is 14.2. The third-order valence-corrected chi connectivity index (χ3v) is 3.18. The van der Waals surface area contributed by atoms with E-state index >= 15 is 0 Å². The van der Waals surface area contributed by atoms with Gasteiger partial charge in [0.15, 0.2) is 0 Å². The predicted octanol–water partition coefficient (Wildman–Crippen LogP) is 3.83. The fourth-order valence-corrected chi connectivity index (χ4v) is 2.04.